The molecule has 26 heavy (non-hydrogen) atoms. The minimum atomic E-state index is -0.00746. The van der Waals surface area contributed by atoms with Crippen molar-refractivity contribution in [2.24, 2.45) is 7.05 Å². The maximum absolute atomic E-state index is 12.4. The summed E-state index contributed by atoms with van der Waals surface area (Å²) in [5, 5.41) is 7.39. The summed E-state index contributed by atoms with van der Waals surface area (Å²) in [5.41, 5.74) is 8.10. The molecular weight excluding hydrogens is 324 g/mol. The van der Waals surface area contributed by atoms with E-state index in [1.54, 1.807) is 0 Å². The number of hydrogen-bond acceptors (Lipinski definition) is 3. The normalized spacial score (nSPS) is 13.0. The fourth-order valence-corrected chi connectivity index (χ4v) is 3.78. The Kier molecular flexibility index (Phi) is 4.07. The van der Waals surface area contributed by atoms with Gasteiger partial charge in [-0.05, 0) is 35.6 Å². The minimum absolute atomic E-state index is 0.00746. The van der Waals surface area contributed by atoms with Gasteiger partial charge in [-0.3, -0.25) is 14.5 Å². The summed E-state index contributed by atoms with van der Waals surface area (Å²) in [6, 6.07) is 10.3. The number of rotatable bonds is 4. The first-order valence-electron chi connectivity index (χ1n) is 8.95. The Morgan fingerprint density at radius 3 is 2.65 bits per heavy atom. The van der Waals surface area contributed by atoms with Crippen LogP contribution in [0.1, 0.15) is 45.2 Å². The Bertz CT molecular complexity index is 969. The summed E-state index contributed by atoms with van der Waals surface area (Å²) < 4.78 is 1.88. The molecule has 1 aliphatic heterocycles. The summed E-state index contributed by atoms with van der Waals surface area (Å²) >= 11 is 0. The quantitative estimate of drug-likeness (QED) is 0.789. The van der Waals surface area contributed by atoms with Crippen LogP contribution in [0.3, 0.4) is 0 Å². The largest absolute Gasteiger partial charge is 0.348 e. The van der Waals surface area contributed by atoms with Crippen molar-refractivity contribution in [2.75, 3.05) is 0 Å². The van der Waals surface area contributed by atoms with Gasteiger partial charge in [-0.2, -0.15) is 5.10 Å². The lowest BCUT2D eigenvalue weighted by atomic mass is 9.92. The van der Waals surface area contributed by atoms with Crippen LogP contribution in [0.5, 0.6) is 0 Å². The molecule has 4 rings (SSSR count). The highest BCUT2D eigenvalue weighted by molar-refractivity contribution is 6.00. The van der Waals surface area contributed by atoms with Crippen molar-refractivity contribution in [3.05, 3.63) is 70.0 Å². The number of nitrogens with one attached hydrogen (secondary N) is 1. The van der Waals surface area contributed by atoms with Crippen LogP contribution in [0.15, 0.2) is 36.5 Å². The molecule has 132 valence electrons. The highest BCUT2D eigenvalue weighted by Gasteiger charge is 2.29. The van der Waals surface area contributed by atoms with Crippen LogP contribution in [-0.4, -0.2) is 20.7 Å². The lowest BCUT2D eigenvalue weighted by molar-refractivity contribution is 0.0964. The molecule has 0 aliphatic carbocycles. The van der Waals surface area contributed by atoms with E-state index in [1.807, 2.05) is 43.0 Å². The molecule has 1 N–H and O–H groups in total. The lowest BCUT2D eigenvalue weighted by Crippen LogP contribution is -2.14. The van der Waals surface area contributed by atoms with Gasteiger partial charge in [0.2, 0.25) is 0 Å². The van der Waals surface area contributed by atoms with Gasteiger partial charge in [0.25, 0.3) is 5.91 Å². The molecule has 3 heterocycles. The topological polar surface area (TPSA) is 59.8 Å². The van der Waals surface area contributed by atoms with E-state index in [2.05, 4.69) is 29.5 Å². The van der Waals surface area contributed by atoms with Crippen molar-refractivity contribution in [1.82, 2.24) is 20.1 Å². The van der Waals surface area contributed by atoms with Crippen LogP contribution < -0.4 is 5.32 Å². The third kappa shape index (κ3) is 2.60. The highest BCUT2D eigenvalue weighted by atomic mass is 16.1. The molecule has 5 nitrogen and oxygen atoms in total. The van der Waals surface area contributed by atoms with Gasteiger partial charge in [0.1, 0.15) is 0 Å². The number of aryl methyl sites for hydroxylation is 3. The molecule has 0 spiro atoms. The van der Waals surface area contributed by atoms with E-state index in [1.165, 1.54) is 5.56 Å². The smallest absolute Gasteiger partial charge is 0.253 e. The zero-order valence-electron chi connectivity index (χ0n) is 15.3. The van der Waals surface area contributed by atoms with Crippen LogP contribution in [0.4, 0.5) is 0 Å². The predicted octanol–water partition coefficient (Wildman–Crippen LogP) is 3.19. The summed E-state index contributed by atoms with van der Waals surface area (Å²) in [5.74, 6) is -0.00746. The van der Waals surface area contributed by atoms with Crippen molar-refractivity contribution < 1.29 is 4.79 Å². The van der Waals surface area contributed by atoms with Crippen molar-refractivity contribution in [3.8, 4) is 11.4 Å². The second-order valence-electron chi connectivity index (χ2n) is 6.74. The minimum Gasteiger partial charge on any atom is -0.348 e. The second kappa shape index (κ2) is 6.41. The molecule has 0 unspecified atom stereocenters. The van der Waals surface area contributed by atoms with Gasteiger partial charge in [0.05, 0.1) is 28.8 Å². The molecule has 0 bridgehead atoms. The molecule has 1 amide bonds. The first-order valence-corrected chi connectivity index (χ1v) is 8.95. The fraction of sp³-hybridized carbons (Fsp3) is 0.286. The van der Waals surface area contributed by atoms with E-state index in [0.29, 0.717) is 6.54 Å². The molecule has 0 radical (unpaired) electrons. The number of hydrogen-bond donors (Lipinski definition) is 1. The molecule has 2 aromatic heterocycles. The zero-order chi connectivity index (χ0) is 18.3. The van der Waals surface area contributed by atoms with E-state index in [-0.39, 0.29) is 5.91 Å². The van der Waals surface area contributed by atoms with E-state index in [9.17, 15) is 4.79 Å². The van der Waals surface area contributed by atoms with Crippen molar-refractivity contribution in [1.29, 1.82) is 0 Å². The molecule has 0 saturated heterocycles. The van der Waals surface area contributed by atoms with Gasteiger partial charge in [0.15, 0.2) is 0 Å². The number of nitrogens with zero attached hydrogens (tertiary/aromatic N) is 3. The van der Waals surface area contributed by atoms with Crippen LogP contribution in [0.25, 0.3) is 11.4 Å². The number of carbonyl (C=O) groups excluding carboxylic acids is 1. The molecule has 1 aromatic carbocycles. The van der Waals surface area contributed by atoms with Crippen LogP contribution in [-0.2, 0) is 26.4 Å². The number of fused-ring (bicyclic) bond motifs is 1. The van der Waals surface area contributed by atoms with Gasteiger partial charge in [-0.1, -0.05) is 37.3 Å². The molecule has 0 atom stereocenters. The summed E-state index contributed by atoms with van der Waals surface area (Å²) in [6.45, 7) is 4.67. The molecule has 0 saturated carbocycles. The van der Waals surface area contributed by atoms with E-state index in [4.69, 9.17) is 4.98 Å². The monoisotopic (exact) mass is 346 g/mol. The Hall–Kier alpha value is -2.95. The number of pyridine rings is 1. The zero-order valence-corrected chi connectivity index (χ0v) is 15.3. The summed E-state index contributed by atoms with van der Waals surface area (Å²) in [7, 11) is 1.94. The van der Waals surface area contributed by atoms with Gasteiger partial charge >= 0.3 is 0 Å². The van der Waals surface area contributed by atoms with Crippen molar-refractivity contribution >= 4 is 5.91 Å². The standard InChI is InChI=1S/C21H22N4O/c1-4-17-18-16(12-22-21(18)26)15(10-14-8-6-5-7-9-14)19(24-17)20-13(2)11-23-25(20)3/h5-9,11H,4,10,12H2,1-3H3,(H,22,26). The van der Waals surface area contributed by atoms with Gasteiger partial charge in [-0.25, -0.2) is 0 Å². The van der Waals surface area contributed by atoms with Gasteiger partial charge in [-0.15, -0.1) is 0 Å². The maximum Gasteiger partial charge on any atom is 0.253 e. The third-order valence-electron chi connectivity index (χ3n) is 5.04. The average molecular weight is 346 g/mol. The number of benzene rings is 1. The predicted molar refractivity (Wildman–Crippen MR) is 101 cm³/mol. The van der Waals surface area contributed by atoms with Crippen molar-refractivity contribution in [3.63, 3.8) is 0 Å². The first-order chi connectivity index (χ1) is 12.6. The van der Waals surface area contributed by atoms with E-state index in [0.717, 1.165) is 52.2 Å². The highest BCUT2D eigenvalue weighted by Crippen LogP contribution is 2.34. The second-order valence-corrected chi connectivity index (χ2v) is 6.74. The van der Waals surface area contributed by atoms with E-state index >= 15 is 0 Å². The fourth-order valence-electron chi connectivity index (χ4n) is 3.78. The SMILES string of the molecule is CCc1nc(-c2c(C)cnn2C)c(Cc2ccccc2)c2c1C(=O)NC2. The Morgan fingerprint density at radius 1 is 1.23 bits per heavy atom. The molecule has 0 fully saturated rings. The first kappa shape index (κ1) is 16.5. The number of amides is 1. The van der Waals surface area contributed by atoms with Gasteiger partial charge < -0.3 is 5.32 Å². The molecule has 1 aliphatic rings. The van der Waals surface area contributed by atoms with Crippen molar-refractivity contribution in [2.45, 2.75) is 33.2 Å². The Balaban J connectivity index is 1.99. The lowest BCUT2D eigenvalue weighted by Gasteiger charge is -2.17. The van der Waals surface area contributed by atoms with Crippen LogP contribution >= 0.6 is 0 Å². The van der Waals surface area contributed by atoms with Gasteiger partial charge in [0, 0.05) is 20.0 Å². The average Bonchev–Trinajstić information content (AvgIpc) is 3.19. The van der Waals surface area contributed by atoms with Crippen LogP contribution in [0.2, 0.25) is 0 Å². The summed E-state index contributed by atoms with van der Waals surface area (Å²) in [6.07, 6.45) is 3.34. The third-order valence-corrected chi connectivity index (χ3v) is 5.04. The molecular formula is C21H22N4O. The van der Waals surface area contributed by atoms with E-state index < -0.39 is 0 Å². The Morgan fingerprint density at radius 2 is 2.00 bits per heavy atom. The number of carbonyl (C=O) groups is 1. The summed E-state index contributed by atoms with van der Waals surface area (Å²) in [4.78, 5) is 17.4. The number of aromatic nitrogens is 3. The van der Waals surface area contributed by atoms with Crippen LogP contribution in [0, 0.1) is 6.92 Å². The maximum atomic E-state index is 12.4. The Labute approximate surface area is 153 Å². The molecule has 3 aromatic rings. The molecule has 5 heteroatoms.